The summed E-state index contributed by atoms with van der Waals surface area (Å²) >= 11 is 6.11. The molecule has 0 unspecified atom stereocenters. The largest absolute Gasteiger partial charge is 0.360 e. The highest BCUT2D eigenvalue weighted by Crippen LogP contribution is 2.33. The van der Waals surface area contributed by atoms with E-state index >= 15 is 0 Å². The molecule has 1 aromatic carbocycles. The second kappa shape index (κ2) is 8.85. The maximum atomic E-state index is 14.2. The molecule has 5 nitrogen and oxygen atoms in total. The van der Waals surface area contributed by atoms with Gasteiger partial charge >= 0.3 is 0 Å². The minimum Gasteiger partial charge on any atom is -0.360 e. The summed E-state index contributed by atoms with van der Waals surface area (Å²) in [7, 11) is 0. The van der Waals surface area contributed by atoms with Crippen molar-refractivity contribution < 1.29 is 13.7 Å². The highest BCUT2D eigenvalue weighted by atomic mass is 35.5. The molecule has 1 saturated heterocycles. The first kappa shape index (κ1) is 19.8. The number of carbonyl (C=O) groups excluding carboxylic acids is 1. The summed E-state index contributed by atoms with van der Waals surface area (Å²) in [5.74, 6) is 0.285. The molecule has 0 saturated carbocycles. The molecule has 3 rings (SSSR count). The predicted molar refractivity (Wildman–Crippen MR) is 103 cm³/mol. The number of nitrogens with zero attached hydrogens (tertiary/aromatic N) is 2. The molecule has 0 atom stereocenters. The van der Waals surface area contributed by atoms with Gasteiger partial charge in [0.2, 0.25) is 0 Å². The first-order valence-electron chi connectivity index (χ1n) is 9.38. The number of rotatable bonds is 6. The molecular weight excluding hydrogens is 369 g/mol. The van der Waals surface area contributed by atoms with Gasteiger partial charge in [-0.1, -0.05) is 29.7 Å². The molecule has 0 aliphatic carbocycles. The smallest absolute Gasteiger partial charge is 0.257 e. The maximum Gasteiger partial charge on any atom is 0.257 e. The fourth-order valence-electron chi connectivity index (χ4n) is 3.41. The van der Waals surface area contributed by atoms with Crippen molar-refractivity contribution >= 4 is 17.5 Å². The van der Waals surface area contributed by atoms with Crippen molar-refractivity contribution in [3.8, 4) is 11.3 Å². The number of hydrogen-bond acceptors (Lipinski definition) is 4. The molecule has 0 radical (unpaired) electrons. The number of halogens is 2. The van der Waals surface area contributed by atoms with Crippen LogP contribution in [0.5, 0.6) is 0 Å². The molecule has 27 heavy (non-hydrogen) atoms. The van der Waals surface area contributed by atoms with Gasteiger partial charge in [-0.2, -0.15) is 0 Å². The number of benzene rings is 1. The van der Waals surface area contributed by atoms with Crippen LogP contribution in [0.25, 0.3) is 11.3 Å². The van der Waals surface area contributed by atoms with Gasteiger partial charge in [0.1, 0.15) is 22.8 Å². The Morgan fingerprint density at radius 3 is 2.85 bits per heavy atom. The van der Waals surface area contributed by atoms with Crippen molar-refractivity contribution in [2.24, 2.45) is 5.92 Å². The van der Waals surface area contributed by atoms with E-state index in [2.05, 4.69) is 22.3 Å². The van der Waals surface area contributed by atoms with Crippen molar-refractivity contribution in [1.82, 2.24) is 15.4 Å². The van der Waals surface area contributed by atoms with Crippen molar-refractivity contribution in [3.63, 3.8) is 0 Å². The standard InChI is InChI=1S/C20H25ClFN3O2/c1-13-7-11-25(12-8-13)10-4-9-23-20(26)17-14(2)27-24-19(17)18-15(21)5-3-6-16(18)22/h3,5-6,13H,4,7-12H2,1-2H3,(H,23,26). The highest BCUT2D eigenvalue weighted by Gasteiger charge is 2.25. The van der Waals surface area contributed by atoms with Crippen LogP contribution < -0.4 is 5.32 Å². The van der Waals surface area contributed by atoms with E-state index in [1.165, 1.54) is 25.0 Å². The fraction of sp³-hybridized carbons (Fsp3) is 0.500. The first-order valence-corrected chi connectivity index (χ1v) is 9.76. The van der Waals surface area contributed by atoms with Crippen LogP contribution in [0, 0.1) is 18.7 Å². The molecule has 2 aromatic rings. The third-order valence-corrected chi connectivity index (χ3v) is 5.42. The Balaban J connectivity index is 1.61. The van der Waals surface area contributed by atoms with E-state index in [1.807, 2.05) is 0 Å². The van der Waals surface area contributed by atoms with Crippen molar-refractivity contribution in [2.45, 2.75) is 33.1 Å². The molecule has 0 bridgehead atoms. The van der Waals surface area contributed by atoms with Gasteiger partial charge in [-0.25, -0.2) is 4.39 Å². The number of aryl methyl sites for hydroxylation is 1. The highest BCUT2D eigenvalue weighted by molar-refractivity contribution is 6.33. The lowest BCUT2D eigenvalue weighted by molar-refractivity contribution is 0.0949. The second-order valence-corrected chi connectivity index (χ2v) is 7.60. The van der Waals surface area contributed by atoms with Crippen LogP contribution in [-0.2, 0) is 0 Å². The van der Waals surface area contributed by atoms with Gasteiger partial charge in [0.25, 0.3) is 5.91 Å². The lowest BCUT2D eigenvalue weighted by Crippen LogP contribution is -2.35. The van der Waals surface area contributed by atoms with Crippen LogP contribution in [0.3, 0.4) is 0 Å². The zero-order valence-electron chi connectivity index (χ0n) is 15.7. The second-order valence-electron chi connectivity index (χ2n) is 7.19. The van der Waals surface area contributed by atoms with Gasteiger partial charge in [0.15, 0.2) is 0 Å². The van der Waals surface area contributed by atoms with Crippen LogP contribution in [0.4, 0.5) is 4.39 Å². The molecule has 0 spiro atoms. The van der Waals surface area contributed by atoms with Crippen LogP contribution in [0.15, 0.2) is 22.7 Å². The molecule has 1 aromatic heterocycles. The van der Waals surface area contributed by atoms with Crippen molar-refractivity contribution in [3.05, 3.63) is 40.4 Å². The van der Waals surface area contributed by atoms with Gasteiger partial charge in [0.05, 0.1) is 10.6 Å². The van der Waals surface area contributed by atoms with Crippen LogP contribution in [-0.4, -0.2) is 42.1 Å². The quantitative estimate of drug-likeness (QED) is 0.743. The average Bonchev–Trinajstić information content (AvgIpc) is 3.01. The molecule has 1 aliphatic rings. The summed E-state index contributed by atoms with van der Waals surface area (Å²) in [5.41, 5.74) is 0.454. The van der Waals surface area contributed by atoms with E-state index in [0.717, 1.165) is 32.0 Å². The summed E-state index contributed by atoms with van der Waals surface area (Å²) in [6, 6.07) is 4.35. The van der Waals surface area contributed by atoms with Gasteiger partial charge in [-0.05, 0) is 63.9 Å². The normalized spacial score (nSPS) is 15.9. The van der Waals surface area contributed by atoms with Crippen molar-refractivity contribution in [1.29, 1.82) is 0 Å². The zero-order valence-corrected chi connectivity index (χ0v) is 16.5. The molecule has 1 N–H and O–H groups in total. The Bertz CT molecular complexity index is 780. The Kier molecular flexibility index (Phi) is 6.50. The third-order valence-electron chi connectivity index (χ3n) is 5.10. The predicted octanol–water partition coefficient (Wildman–Crippen LogP) is 4.29. The molecule has 1 fully saturated rings. The monoisotopic (exact) mass is 393 g/mol. The van der Waals surface area contributed by atoms with Gasteiger partial charge < -0.3 is 14.7 Å². The number of hydrogen-bond donors (Lipinski definition) is 1. The molecule has 7 heteroatoms. The minimum atomic E-state index is -0.538. The van der Waals surface area contributed by atoms with Crippen LogP contribution in [0.2, 0.25) is 5.02 Å². The van der Waals surface area contributed by atoms with E-state index in [4.69, 9.17) is 16.1 Å². The van der Waals surface area contributed by atoms with Gasteiger partial charge in [-0.3, -0.25) is 4.79 Å². The van der Waals surface area contributed by atoms with Crippen LogP contribution >= 0.6 is 11.6 Å². The number of carbonyl (C=O) groups is 1. The number of piperidine rings is 1. The van der Waals surface area contributed by atoms with E-state index in [-0.39, 0.29) is 27.8 Å². The number of amides is 1. The number of aromatic nitrogens is 1. The minimum absolute atomic E-state index is 0.0867. The SMILES string of the molecule is Cc1onc(-c2c(F)cccc2Cl)c1C(=O)NCCCN1CCC(C)CC1. The Hall–Kier alpha value is -1.92. The van der Waals surface area contributed by atoms with E-state index < -0.39 is 5.82 Å². The topological polar surface area (TPSA) is 58.4 Å². The Morgan fingerprint density at radius 2 is 2.15 bits per heavy atom. The van der Waals surface area contributed by atoms with Gasteiger partial charge in [-0.15, -0.1) is 0 Å². The number of nitrogens with one attached hydrogen (secondary N) is 1. The third kappa shape index (κ3) is 4.68. The Labute approximate surface area is 163 Å². The lowest BCUT2D eigenvalue weighted by atomic mass is 9.99. The lowest BCUT2D eigenvalue weighted by Gasteiger charge is -2.30. The summed E-state index contributed by atoms with van der Waals surface area (Å²) in [5, 5.41) is 6.95. The summed E-state index contributed by atoms with van der Waals surface area (Å²) in [6.07, 6.45) is 3.33. The molecule has 2 heterocycles. The molecule has 1 amide bonds. The van der Waals surface area contributed by atoms with E-state index in [1.54, 1.807) is 13.0 Å². The number of likely N-dealkylation sites (tertiary alicyclic amines) is 1. The van der Waals surface area contributed by atoms with Crippen molar-refractivity contribution in [2.75, 3.05) is 26.2 Å². The first-order chi connectivity index (χ1) is 13.0. The summed E-state index contributed by atoms with van der Waals surface area (Å²) in [6.45, 7) is 7.67. The average molecular weight is 394 g/mol. The molecule has 1 aliphatic heterocycles. The van der Waals surface area contributed by atoms with E-state index in [9.17, 15) is 9.18 Å². The Morgan fingerprint density at radius 1 is 1.41 bits per heavy atom. The molecular formula is C20H25ClFN3O2. The van der Waals surface area contributed by atoms with Crippen LogP contribution in [0.1, 0.15) is 42.3 Å². The summed E-state index contributed by atoms with van der Waals surface area (Å²) < 4.78 is 19.4. The zero-order chi connectivity index (χ0) is 19.4. The van der Waals surface area contributed by atoms with E-state index in [0.29, 0.717) is 12.3 Å². The fourth-order valence-corrected chi connectivity index (χ4v) is 3.67. The summed E-state index contributed by atoms with van der Waals surface area (Å²) in [4.78, 5) is 15.1. The van der Waals surface area contributed by atoms with Gasteiger partial charge in [0, 0.05) is 6.54 Å². The molecule has 146 valence electrons. The maximum absolute atomic E-state index is 14.2.